The fraction of sp³-hybridized carbons (Fsp3) is 0.350. The van der Waals surface area contributed by atoms with Crippen LogP contribution in [0.15, 0.2) is 42.5 Å². The van der Waals surface area contributed by atoms with Crippen LogP contribution in [0, 0.1) is 23.0 Å². The summed E-state index contributed by atoms with van der Waals surface area (Å²) in [7, 11) is 0. The Labute approximate surface area is 148 Å². The summed E-state index contributed by atoms with van der Waals surface area (Å²) < 4.78 is 0. The molecule has 0 saturated heterocycles. The van der Waals surface area contributed by atoms with Crippen molar-refractivity contribution in [2.45, 2.75) is 40.2 Å². The lowest BCUT2D eigenvalue weighted by molar-refractivity contribution is -0.385. The van der Waals surface area contributed by atoms with E-state index < -0.39 is 4.92 Å². The van der Waals surface area contributed by atoms with Crippen molar-refractivity contribution in [3.63, 3.8) is 0 Å². The molecule has 0 unspecified atom stereocenters. The maximum atomic E-state index is 12.6. The molecule has 0 aliphatic carbocycles. The number of benzene rings is 2. The van der Waals surface area contributed by atoms with Gasteiger partial charge in [-0.05, 0) is 42.5 Å². The second-order valence-corrected chi connectivity index (χ2v) is 6.55. The first kappa shape index (κ1) is 18.6. The number of nitro benzene ring substituents is 1. The highest BCUT2D eigenvalue weighted by Gasteiger charge is 2.20. The molecule has 0 spiro atoms. The third kappa shape index (κ3) is 4.44. The highest BCUT2D eigenvalue weighted by Crippen LogP contribution is 2.24. The number of rotatable bonds is 6. The van der Waals surface area contributed by atoms with Crippen LogP contribution in [0.1, 0.15) is 53.9 Å². The number of hydrogen-bond donors (Lipinski definition) is 1. The zero-order valence-electron chi connectivity index (χ0n) is 15.1. The molecule has 1 amide bonds. The van der Waals surface area contributed by atoms with Crippen molar-refractivity contribution in [2.24, 2.45) is 5.92 Å². The van der Waals surface area contributed by atoms with Gasteiger partial charge in [0, 0.05) is 17.2 Å². The Kier molecular flexibility index (Phi) is 5.91. The van der Waals surface area contributed by atoms with Crippen molar-refractivity contribution >= 4 is 11.6 Å². The summed E-state index contributed by atoms with van der Waals surface area (Å²) in [6.07, 6.45) is 0.973. The first-order chi connectivity index (χ1) is 11.8. The monoisotopic (exact) mass is 340 g/mol. The molecule has 0 saturated carbocycles. The maximum absolute atomic E-state index is 12.6. The number of hydrogen-bond acceptors (Lipinski definition) is 3. The van der Waals surface area contributed by atoms with Gasteiger partial charge in [0.1, 0.15) is 0 Å². The lowest BCUT2D eigenvalue weighted by Crippen LogP contribution is -2.31. The Morgan fingerprint density at radius 1 is 1.16 bits per heavy atom. The first-order valence-electron chi connectivity index (χ1n) is 8.48. The molecule has 0 fully saturated rings. The fourth-order valence-corrected chi connectivity index (χ4v) is 2.82. The zero-order chi connectivity index (χ0) is 18.6. The van der Waals surface area contributed by atoms with Crippen LogP contribution in [0.25, 0.3) is 0 Å². The van der Waals surface area contributed by atoms with Crippen molar-refractivity contribution in [1.29, 1.82) is 0 Å². The van der Waals surface area contributed by atoms with Gasteiger partial charge in [-0.2, -0.15) is 0 Å². The summed E-state index contributed by atoms with van der Waals surface area (Å²) in [6, 6.07) is 12.6. The number of nitrogens with zero attached hydrogens (tertiary/aromatic N) is 1. The van der Waals surface area contributed by atoms with Crippen LogP contribution in [0.5, 0.6) is 0 Å². The van der Waals surface area contributed by atoms with Crippen molar-refractivity contribution in [2.75, 3.05) is 0 Å². The third-order valence-corrected chi connectivity index (χ3v) is 4.36. The molecular formula is C20H24N2O3. The molecule has 5 nitrogen and oxygen atoms in total. The Morgan fingerprint density at radius 3 is 2.28 bits per heavy atom. The Morgan fingerprint density at radius 2 is 1.80 bits per heavy atom. The third-order valence-electron chi connectivity index (χ3n) is 4.36. The molecule has 2 aromatic carbocycles. The summed E-state index contributed by atoms with van der Waals surface area (Å²) in [5.74, 6) is -0.00756. The highest BCUT2D eigenvalue weighted by molar-refractivity contribution is 5.95. The zero-order valence-corrected chi connectivity index (χ0v) is 15.1. The molecule has 0 aliphatic rings. The average molecular weight is 340 g/mol. The predicted molar refractivity (Wildman–Crippen MR) is 98.7 cm³/mol. The van der Waals surface area contributed by atoms with Gasteiger partial charge in [0.25, 0.3) is 11.6 Å². The lowest BCUT2D eigenvalue weighted by Gasteiger charge is -2.23. The molecule has 0 bridgehead atoms. The van der Waals surface area contributed by atoms with Gasteiger partial charge in [-0.3, -0.25) is 14.9 Å². The minimum Gasteiger partial charge on any atom is -0.345 e. The minimum atomic E-state index is -0.441. The number of carbonyl (C=O) groups is 1. The molecule has 0 aliphatic heterocycles. The van der Waals surface area contributed by atoms with Gasteiger partial charge >= 0.3 is 0 Å². The molecule has 1 N–H and O–H groups in total. The normalized spacial score (nSPS) is 12.0. The van der Waals surface area contributed by atoms with Crippen LogP contribution in [0.2, 0.25) is 0 Å². The van der Waals surface area contributed by atoms with E-state index in [0.29, 0.717) is 11.1 Å². The van der Waals surface area contributed by atoms with E-state index in [-0.39, 0.29) is 23.6 Å². The van der Waals surface area contributed by atoms with Gasteiger partial charge in [-0.25, -0.2) is 0 Å². The number of carbonyl (C=O) groups excluding carboxylic acids is 1. The lowest BCUT2D eigenvalue weighted by atomic mass is 9.94. The smallest absolute Gasteiger partial charge is 0.272 e. The van der Waals surface area contributed by atoms with E-state index in [1.165, 1.54) is 17.7 Å². The van der Waals surface area contributed by atoms with Gasteiger partial charge in [-0.15, -0.1) is 0 Å². The molecule has 5 heteroatoms. The van der Waals surface area contributed by atoms with Gasteiger partial charge in [0.15, 0.2) is 0 Å². The van der Waals surface area contributed by atoms with E-state index in [9.17, 15) is 14.9 Å². The molecule has 132 valence electrons. The van der Waals surface area contributed by atoms with Gasteiger partial charge in [0.05, 0.1) is 11.0 Å². The molecular weight excluding hydrogens is 316 g/mol. The Hall–Kier alpha value is -2.69. The fourth-order valence-electron chi connectivity index (χ4n) is 2.82. The molecule has 2 rings (SSSR count). The van der Waals surface area contributed by atoms with Crippen LogP contribution in [0.4, 0.5) is 5.69 Å². The quantitative estimate of drug-likeness (QED) is 0.617. The number of nitro groups is 1. The summed E-state index contributed by atoms with van der Waals surface area (Å²) in [5, 5.41) is 14.0. The summed E-state index contributed by atoms with van der Waals surface area (Å²) in [6.45, 7) is 7.85. The Balaban J connectivity index is 2.22. The summed E-state index contributed by atoms with van der Waals surface area (Å²) >= 11 is 0. The highest BCUT2D eigenvalue weighted by atomic mass is 16.6. The van der Waals surface area contributed by atoms with Crippen molar-refractivity contribution in [1.82, 2.24) is 5.32 Å². The largest absolute Gasteiger partial charge is 0.345 e. The Bertz CT molecular complexity index is 767. The van der Waals surface area contributed by atoms with Crippen LogP contribution < -0.4 is 5.32 Å². The average Bonchev–Trinajstić information content (AvgIpc) is 2.58. The summed E-state index contributed by atoms with van der Waals surface area (Å²) in [5.41, 5.74) is 3.24. The molecule has 0 radical (unpaired) electrons. The van der Waals surface area contributed by atoms with Crippen molar-refractivity contribution in [3.8, 4) is 0 Å². The van der Waals surface area contributed by atoms with Crippen LogP contribution in [-0.2, 0) is 6.42 Å². The van der Waals surface area contributed by atoms with E-state index in [1.807, 2.05) is 12.1 Å². The second kappa shape index (κ2) is 7.92. The number of aryl methyl sites for hydroxylation is 2. The molecule has 2 aromatic rings. The van der Waals surface area contributed by atoms with E-state index in [4.69, 9.17) is 0 Å². The van der Waals surface area contributed by atoms with Gasteiger partial charge in [0.2, 0.25) is 0 Å². The predicted octanol–water partition coefficient (Wildman–Crippen LogP) is 4.59. The molecule has 25 heavy (non-hydrogen) atoms. The van der Waals surface area contributed by atoms with Crippen molar-refractivity contribution in [3.05, 3.63) is 74.8 Å². The molecule has 0 aromatic heterocycles. The topological polar surface area (TPSA) is 72.2 Å². The summed E-state index contributed by atoms with van der Waals surface area (Å²) in [4.78, 5) is 23.1. The second-order valence-electron chi connectivity index (χ2n) is 6.55. The molecule has 1 atom stereocenters. The van der Waals surface area contributed by atoms with Gasteiger partial charge < -0.3 is 5.32 Å². The van der Waals surface area contributed by atoms with Crippen LogP contribution >= 0.6 is 0 Å². The standard InChI is InChI=1S/C20H24N2O3/c1-5-15-6-8-16(9-7-15)19(13(2)3)21-20(23)17-10-11-18(22(24)25)14(4)12-17/h6-13,19H,5H2,1-4H3,(H,21,23)/t19-/m0/s1. The maximum Gasteiger partial charge on any atom is 0.272 e. The first-order valence-corrected chi connectivity index (χ1v) is 8.48. The molecule has 0 heterocycles. The van der Waals surface area contributed by atoms with Crippen molar-refractivity contribution < 1.29 is 9.72 Å². The van der Waals surface area contributed by atoms with E-state index >= 15 is 0 Å². The number of nitrogens with one attached hydrogen (secondary N) is 1. The van der Waals surface area contributed by atoms with Crippen LogP contribution in [0.3, 0.4) is 0 Å². The van der Waals surface area contributed by atoms with Crippen LogP contribution in [-0.4, -0.2) is 10.8 Å². The van der Waals surface area contributed by atoms with Gasteiger partial charge in [-0.1, -0.05) is 45.0 Å². The number of amides is 1. The van der Waals surface area contributed by atoms with E-state index in [2.05, 4.69) is 38.2 Å². The van der Waals surface area contributed by atoms with E-state index in [0.717, 1.165) is 12.0 Å². The minimum absolute atomic E-state index is 0.0205. The SMILES string of the molecule is CCc1ccc([C@@H](NC(=O)c2ccc([N+](=O)[O-])c(C)c2)C(C)C)cc1. The van der Waals surface area contributed by atoms with E-state index in [1.54, 1.807) is 13.0 Å².